The third-order valence-corrected chi connectivity index (χ3v) is 2.02. The number of H-pyrrole nitrogens is 1. The molecular weight excluding hydrogens is 184 g/mol. The number of aromatic nitrogens is 2. The minimum atomic E-state index is -1.48. The highest BCUT2D eigenvalue weighted by atomic mass is 16.4. The number of fused-ring (bicyclic) bond motifs is 1. The summed E-state index contributed by atoms with van der Waals surface area (Å²) >= 11 is 0. The molecule has 0 saturated heterocycles. The summed E-state index contributed by atoms with van der Waals surface area (Å²) in [6.45, 7) is 0. The fraction of sp³-hybridized carbons (Fsp3) is 0.111. The van der Waals surface area contributed by atoms with E-state index in [1.807, 2.05) is 0 Å². The van der Waals surface area contributed by atoms with Crippen molar-refractivity contribution in [2.24, 2.45) is 0 Å². The van der Waals surface area contributed by atoms with Gasteiger partial charge in [-0.1, -0.05) is 12.1 Å². The number of aliphatic hydroxyl groups is 1. The number of carboxylic acid groups (broad SMARTS) is 1. The third kappa shape index (κ3) is 1.33. The Balaban J connectivity index is 2.48. The minimum Gasteiger partial charge on any atom is -0.479 e. The molecule has 0 aliphatic rings. The van der Waals surface area contributed by atoms with Gasteiger partial charge in [0.15, 0.2) is 6.10 Å². The largest absolute Gasteiger partial charge is 0.479 e. The van der Waals surface area contributed by atoms with Gasteiger partial charge < -0.3 is 10.2 Å². The molecule has 1 aromatic heterocycles. The van der Waals surface area contributed by atoms with Crippen molar-refractivity contribution < 1.29 is 15.0 Å². The highest BCUT2D eigenvalue weighted by Crippen LogP contribution is 2.18. The van der Waals surface area contributed by atoms with E-state index in [1.165, 1.54) is 0 Å². The summed E-state index contributed by atoms with van der Waals surface area (Å²) in [5.41, 5.74) is 1.05. The molecule has 0 aliphatic carbocycles. The van der Waals surface area contributed by atoms with E-state index in [-0.39, 0.29) is 0 Å². The lowest BCUT2D eigenvalue weighted by Crippen LogP contribution is -2.10. The monoisotopic (exact) mass is 192 g/mol. The zero-order valence-electron chi connectivity index (χ0n) is 7.14. The fourth-order valence-corrected chi connectivity index (χ4v) is 1.27. The quantitative estimate of drug-likeness (QED) is 0.653. The first-order chi connectivity index (χ1) is 6.68. The van der Waals surface area contributed by atoms with Crippen molar-refractivity contribution in [2.45, 2.75) is 6.10 Å². The smallest absolute Gasteiger partial charge is 0.337 e. The summed E-state index contributed by atoms with van der Waals surface area (Å²) in [4.78, 5) is 10.5. The molecule has 5 heteroatoms. The summed E-state index contributed by atoms with van der Waals surface area (Å²) in [6.07, 6.45) is 0.148. The Hall–Kier alpha value is -1.88. The van der Waals surface area contributed by atoms with Crippen LogP contribution in [0.25, 0.3) is 10.9 Å². The molecule has 72 valence electrons. The Morgan fingerprint density at radius 1 is 1.50 bits per heavy atom. The molecule has 0 fully saturated rings. The van der Waals surface area contributed by atoms with E-state index in [1.54, 1.807) is 24.4 Å². The van der Waals surface area contributed by atoms with Crippen LogP contribution in [0.3, 0.4) is 0 Å². The molecule has 2 aromatic rings. The van der Waals surface area contributed by atoms with E-state index in [2.05, 4.69) is 10.2 Å². The summed E-state index contributed by atoms with van der Waals surface area (Å²) in [5, 5.41) is 25.2. The Morgan fingerprint density at radius 2 is 2.29 bits per heavy atom. The molecule has 1 aromatic carbocycles. The molecule has 1 atom stereocenters. The molecule has 0 aliphatic heterocycles. The first-order valence-electron chi connectivity index (χ1n) is 4.02. The highest BCUT2D eigenvalue weighted by molar-refractivity contribution is 5.81. The number of carboxylic acids is 1. The molecule has 2 rings (SSSR count). The minimum absolute atomic E-state index is 0.342. The molecule has 14 heavy (non-hydrogen) atoms. The van der Waals surface area contributed by atoms with Gasteiger partial charge in [-0.2, -0.15) is 5.10 Å². The number of rotatable bonds is 2. The van der Waals surface area contributed by atoms with E-state index in [0.717, 1.165) is 5.39 Å². The molecule has 1 unspecified atom stereocenters. The van der Waals surface area contributed by atoms with E-state index >= 15 is 0 Å². The van der Waals surface area contributed by atoms with Gasteiger partial charge in [0.1, 0.15) is 0 Å². The van der Waals surface area contributed by atoms with E-state index < -0.39 is 12.1 Å². The Bertz CT molecular complexity index is 478. The number of aliphatic carboxylic acids is 1. The van der Waals surface area contributed by atoms with Gasteiger partial charge in [-0.05, 0) is 11.6 Å². The zero-order chi connectivity index (χ0) is 10.1. The van der Waals surface area contributed by atoms with Crippen molar-refractivity contribution in [2.75, 3.05) is 0 Å². The van der Waals surface area contributed by atoms with Crippen molar-refractivity contribution in [3.05, 3.63) is 30.0 Å². The molecule has 1 heterocycles. The average molecular weight is 192 g/mol. The molecule has 0 saturated carbocycles. The van der Waals surface area contributed by atoms with Crippen molar-refractivity contribution in [1.29, 1.82) is 0 Å². The third-order valence-electron chi connectivity index (χ3n) is 2.02. The maximum absolute atomic E-state index is 10.5. The maximum atomic E-state index is 10.5. The topological polar surface area (TPSA) is 86.2 Å². The van der Waals surface area contributed by atoms with Gasteiger partial charge in [0.25, 0.3) is 0 Å². The summed E-state index contributed by atoms with van der Waals surface area (Å²) in [5.74, 6) is -1.26. The van der Waals surface area contributed by atoms with Crippen LogP contribution in [-0.4, -0.2) is 26.4 Å². The summed E-state index contributed by atoms with van der Waals surface area (Å²) < 4.78 is 0. The van der Waals surface area contributed by atoms with Crippen LogP contribution in [0, 0.1) is 0 Å². The van der Waals surface area contributed by atoms with E-state index in [9.17, 15) is 9.90 Å². The van der Waals surface area contributed by atoms with Crippen molar-refractivity contribution in [1.82, 2.24) is 10.2 Å². The van der Waals surface area contributed by atoms with Crippen LogP contribution < -0.4 is 0 Å². The molecule has 5 nitrogen and oxygen atoms in total. The first-order valence-corrected chi connectivity index (χ1v) is 4.02. The number of hydrogen-bond donors (Lipinski definition) is 3. The van der Waals surface area contributed by atoms with Gasteiger partial charge in [0.05, 0.1) is 11.7 Å². The number of carbonyl (C=O) groups is 1. The second-order valence-electron chi connectivity index (χ2n) is 2.96. The van der Waals surface area contributed by atoms with Gasteiger partial charge in [-0.25, -0.2) is 4.79 Å². The number of nitrogens with zero attached hydrogens (tertiary/aromatic N) is 1. The number of nitrogens with one attached hydrogen (secondary N) is 1. The number of aliphatic hydroxyl groups excluding tert-OH is 1. The Morgan fingerprint density at radius 3 is 3.00 bits per heavy atom. The molecular formula is C9H8N2O3. The predicted molar refractivity (Wildman–Crippen MR) is 48.7 cm³/mol. The average Bonchev–Trinajstić information content (AvgIpc) is 2.62. The lowest BCUT2D eigenvalue weighted by atomic mass is 10.1. The van der Waals surface area contributed by atoms with Crippen LogP contribution in [0.4, 0.5) is 0 Å². The normalized spacial score (nSPS) is 12.9. The van der Waals surface area contributed by atoms with Crippen molar-refractivity contribution in [3.63, 3.8) is 0 Å². The van der Waals surface area contributed by atoms with Crippen LogP contribution in [0.2, 0.25) is 0 Å². The van der Waals surface area contributed by atoms with Gasteiger partial charge >= 0.3 is 5.97 Å². The standard InChI is InChI=1S/C9H8N2O3/c12-8(9(13)14)5-1-2-6-4-10-11-7(6)3-5/h1-4,8,12H,(H,10,11)(H,13,14). The second kappa shape index (κ2) is 3.12. The van der Waals surface area contributed by atoms with Gasteiger partial charge in [0, 0.05) is 5.39 Å². The van der Waals surface area contributed by atoms with Crippen molar-refractivity contribution >= 4 is 16.9 Å². The van der Waals surface area contributed by atoms with Crippen LogP contribution in [0.1, 0.15) is 11.7 Å². The Labute approximate surface area is 79.0 Å². The Kier molecular flexibility index (Phi) is 1.94. The zero-order valence-corrected chi connectivity index (χ0v) is 7.14. The maximum Gasteiger partial charge on any atom is 0.337 e. The predicted octanol–water partition coefficient (Wildman–Crippen LogP) is 0.681. The lowest BCUT2D eigenvalue weighted by molar-refractivity contribution is -0.146. The van der Waals surface area contributed by atoms with Crippen LogP contribution in [0.15, 0.2) is 24.4 Å². The van der Waals surface area contributed by atoms with Crippen LogP contribution >= 0.6 is 0 Å². The summed E-state index contributed by atoms with van der Waals surface area (Å²) in [7, 11) is 0. The highest BCUT2D eigenvalue weighted by Gasteiger charge is 2.15. The SMILES string of the molecule is O=C(O)C(O)c1ccc2cn[nH]c2c1. The summed E-state index contributed by atoms with van der Waals surface area (Å²) in [6, 6.07) is 4.85. The molecule has 0 bridgehead atoms. The fourth-order valence-electron chi connectivity index (χ4n) is 1.27. The lowest BCUT2D eigenvalue weighted by Gasteiger charge is -2.04. The van der Waals surface area contributed by atoms with Gasteiger partial charge in [0.2, 0.25) is 0 Å². The van der Waals surface area contributed by atoms with Crippen LogP contribution in [0.5, 0.6) is 0 Å². The van der Waals surface area contributed by atoms with E-state index in [4.69, 9.17) is 5.11 Å². The second-order valence-corrected chi connectivity index (χ2v) is 2.96. The molecule has 0 radical (unpaired) electrons. The van der Waals surface area contributed by atoms with Gasteiger partial charge in [-0.3, -0.25) is 5.10 Å². The first kappa shape index (κ1) is 8.71. The number of benzene rings is 1. The van der Waals surface area contributed by atoms with Crippen LogP contribution in [-0.2, 0) is 4.79 Å². The number of hydrogen-bond acceptors (Lipinski definition) is 3. The molecule has 3 N–H and O–H groups in total. The molecule has 0 amide bonds. The van der Waals surface area contributed by atoms with Crippen molar-refractivity contribution in [3.8, 4) is 0 Å². The molecule has 0 spiro atoms. The van der Waals surface area contributed by atoms with Gasteiger partial charge in [-0.15, -0.1) is 0 Å². The number of aromatic amines is 1. The van der Waals surface area contributed by atoms with E-state index in [0.29, 0.717) is 11.1 Å².